The van der Waals surface area contributed by atoms with E-state index in [1.165, 1.54) is 0 Å². The van der Waals surface area contributed by atoms with Crippen molar-refractivity contribution >= 4 is 18.0 Å². The zero-order valence-electron chi connectivity index (χ0n) is 14.0. The Bertz CT molecular complexity index is 363. The number of carbonyl (C=O) groups is 3. The number of carbonyl (C=O) groups excluding carboxylic acids is 3. The van der Waals surface area contributed by atoms with Crippen molar-refractivity contribution in [3.63, 3.8) is 0 Å². The van der Waals surface area contributed by atoms with Gasteiger partial charge in [-0.05, 0) is 40.5 Å². The Labute approximate surface area is 132 Å². The molecule has 128 valence electrons. The molecule has 2 amide bonds. The van der Waals surface area contributed by atoms with E-state index in [9.17, 15) is 14.4 Å². The number of esters is 1. The van der Waals surface area contributed by atoms with E-state index in [1.807, 2.05) is 0 Å². The number of hydrogen-bond donors (Lipinski definition) is 2. The van der Waals surface area contributed by atoms with Crippen molar-refractivity contribution in [3.8, 4) is 0 Å². The summed E-state index contributed by atoms with van der Waals surface area (Å²) in [6.45, 7) is 8.23. The third-order valence-corrected chi connectivity index (χ3v) is 2.46. The molecule has 22 heavy (non-hydrogen) atoms. The van der Waals surface area contributed by atoms with Crippen LogP contribution in [0, 0.1) is 0 Å². The number of ether oxygens (including phenoxy) is 2. The normalized spacial score (nSPS) is 10.7. The smallest absolute Gasteiger partial charge is 0.407 e. The van der Waals surface area contributed by atoms with Gasteiger partial charge in [0.2, 0.25) is 5.91 Å². The summed E-state index contributed by atoms with van der Waals surface area (Å²) in [7, 11) is 0. The molecule has 0 rings (SSSR count). The zero-order valence-corrected chi connectivity index (χ0v) is 14.0. The van der Waals surface area contributed by atoms with Crippen LogP contribution in [0.1, 0.15) is 53.4 Å². The Morgan fingerprint density at radius 2 is 1.64 bits per heavy atom. The minimum atomic E-state index is -0.511. The van der Waals surface area contributed by atoms with Gasteiger partial charge in [-0.3, -0.25) is 9.59 Å². The van der Waals surface area contributed by atoms with Crippen LogP contribution in [-0.4, -0.2) is 43.3 Å². The molecule has 7 nitrogen and oxygen atoms in total. The van der Waals surface area contributed by atoms with Gasteiger partial charge in [0, 0.05) is 19.5 Å². The van der Waals surface area contributed by atoms with Crippen LogP contribution in [0.4, 0.5) is 4.79 Å². The van der Waals surface area contributed by atoms with Gasteiger partial charge >= 0.3 is 12.1 Å². The van der Waals surface area contributed by atoms with Crippen LogP contribution in [-0.2, 0) is 19.1 Å². The summed E-state index contributed by atoms with van der Waals surface area (Å²) in [5.74, 6) is -0.425. The van der Waals surface area contributed by atoms with Gasteiger partial charge in [0.05, 0.1) is 13.0 Å². The molecule has 0 bridgehead atoms. The van der Waals surface area contributed by atoms with Gasteiger partial charge in [-0.1, -0.05) is 0 Å². The van der Waals surface area contributed by atoms with E-state index in [4.69, 9.17) is 9.47 Å². The number of amides is 2. The molecule has 0 aromatic heterocycles. The number of unbranched alkanes of at least 4 members (excludes halogenated alkanes) is 1. The van der Waals surface area contributed by atoms with E-state index >= 15 is 0 Å². The molecule has 0 aliphatic rings. The number of rotatable bonds is 9. The third-order valence-electron chi connectivity index (χ3n) is 2.46. The van der Waals surface area contributed by atoms with Crippen LogP contribution in [0.2, 0.25) is 0 Å². The summed E-state index contributed by atoms with van der Waals surface area (Å²) in [5.41, 5.74) is -0.511. The van der Waals surface area contributed by atoms with Crippen molar-refractivity contribution in [2.45, 2.75) is 59.0 Å². The third kappa shape index (κ3) is 13.2. The molecule has 0 aromatic carbocycles. The Morgan fingerprint density at radius 3 is 2.23 bits per heavy atom. The lowest BCUT2D eigenvalue weighted by atomic mass is 10.2. The molecule has 7 heteroatoms. The molecule has 0 atom stereocenters. The Morgan fingerprint density at radius 1 is 0.955 bits per heavy atom. The first-order valence-electron chi connectivity index (χ1n) is 7.63. The summed E-state index contributed by atoms with van der Waals surface area (Å²) < 4.78 is 9.84. The molecule has 0 spiro atoms. The van der Waals surface area contributed by atoms with Crippen molar-refractivity contribution in [2.75, 3.05) is 19.7 Å². The van der Waals surface area contributed by atoms with Crippen LogP contribution in [0.25, 0.3) is 0 Å². The van der Waals surface area contributed by atoms with Crippen molar-refractivity contribution in [1.82, 2.24) is 10.6 Å². The van der Waals surface area contributed by atoms with E-state index in [1.54, 1.807) is 27.7 Å². The van der Waals surface area contributed by atoms with E-state index in [2.05, 4.69) is 10.6 Å². The molecule has 0 unspecified atom stereocenters. The number of nitrogens with one attached hydrogen (secondary N) is 2. The molecule has 0 fully saturated rings. The van der Waals surface area contributed by atoms with Crippen molar-refractivity contribution < 1.29 is 23.9 Å². The highest BCUT2D eigenvalue weighted by molar-refractivity contribution is 5.77. The van der Waals surface area contributed by atoms with Crippen molar-refractivity contribution in [1.29, 1.82) is 0 Å². The van der Waals surface area contributed by atoms with Crippen molar-refractivity contribution in [3.05, 3.63) is 0 Å². The number of alkyl carbamates (subject to hydrolysis) is 1. The van der Waals surface area contributed by atoms with E-state index < -0.39 is 11.7 Å². The molecular formula is C15H28N2O5. The van der Waals surface area contributed by atoms with Crippen LogP contribution in [0.3, 0.4) is 0 Å². The molecule has 0 aliphatic heterocycles. The highest BCUT2D eigenvalue weighted by Gasteiger charge is 2.15. The van der Waals surface area contributed by atoms with Gasteiger partial charge < -0.3 is 20.1 Å². The molecule has 0 aliphatic carbocycles. The lowest BCUT2D eigenvalue weighted by Crippen LogP contribution is -2.33. The van der Waals surface area contributed by atoms with Gasteiger partial charge in [0.1, 0.15) is 5.60 Å². The minimum Gasteiger partial charge on any atom is -0.466 e. The highest BCUT2D eigenvalue weighted by atomic mass is 16.6. The van der Waals surface area contributed by atoms with Crippen molar-refractivity contribution in [2.24, 2.45) is 0 Å². The molecule has 0 heterocycles. The van der Waals surface area contributed by atoms with Crippen LogP contribution in [0.5, 0.6) is 0 Å². The lowest BCUT2D eigenvalue weighted by Gasteiger charge is -2.19. The first kappa shape index (κ1) is 20.2. The van der Waals surface area contributed by atoms with Gasteiger partial charge in [-0.15, -0.1) is 0 Å². The summed E-state index contributed by atoms with van der Waals surface area (Å²) >= 11 is 0. The molecule has 0 saturated carbocycles. The fraction of sp³-hybridized carbons (Fsp3) is 0.800. The van der Waals surface area contributed by atoms with Gasteiger partial charge in [-0.25, -0.2) is 4.79 Å². The van der Waals surface area contributed by atoms with Gasteiger partial charge in [0.25, 0.3) is 0 Å². The molecule has 0 saturated heterocycles. The molecule has 2 N–H and O–H groups in total. The topological polar surface area (TPSA) is 93.7 Å². The highest BCUT2D eigenvalue weighted by Crippen LogP contribution is 2.06. The van der Waals surface area contributed by atoms with Crippen LogP contribution < -0.4 is 10.6 Å². The second-order valence-electron chi connectivity index (χ2n) is 5.79. The van der Waals surface area contributed by atoms with E-state index in [0.717, 1.165) is 0 Å². The fourth-order valence-corrected chi connectivity index (χ4v) is 1.54. The predicted molar refractivity (Wildman–Crippen MR) is 82.3 cm³/mol. The second kappa shape index (κ2) is 10.9. The first-order chi connectivity index (χ1) is 10.2. The summed E-state index contributed by atoms with van der Waals surface area (Å²) in [6, 6.07) is 0. The largest absolute Gasteiger partial charge is 0.466 e. The predicted octanol–water partition coefficient (Wildman–Crippen LogP) is 1.75. The maximum absolute atomic E-state index is 11.5. The monoisotopic (exact) mass is 316 g/mol. The minimum absolute atomic E-state index is 0.110. The fourth-order valence-electron chi connectivity index (χ4n) is 1.54. The van der Waals surface area contributed by atoms with E-state index in [-0.39, 0.29) is 24.8 Å². The quantitative estimate of drug-likeness (QED) is 0.499. The second-order valence-corrected chi connectivity index (χ2v) is 5.79. The number of hydrogen-bond acceptors (Lipinski definition) is 5. The Hall–Kier alpha value is -1.79. The summed E-state index contributed by atoms with van der Waals surface area (Å²) in [5, 5.41) is 5.28. The Balaban J connectivity index is 3.53. The lowest BCUT2D eigenvalue weighted by molar-refractivity contribution is -0.143. The first-order valence-corrected chi connectivity index (χ1v) is 7.63. The molecule has 0 radical (unpaired) electrons. The summed E-state index contributed by atoms with van der Waals surface area (Å²) in [4.78, 5) is 33.9. The zero-order chi connectivity index (χ0) is 17.0. The van der Waals surface area contributed by atoms with E-state index in [0.29, 0.717) is 32.4 Å². The maximum Gasteiger partial charge on any atom is 0.407 e. The molecule has 0 aromatic rings. The average Bonchev–Trinajstić information content (AvgIpc) is 2.36. The van der Waals surface area contributed by atoms with Gasteiger partial charge in [-0.2, -0.15) is 0 Å². The SMILES string of the molecule is CCOC(=O)CCNC(=O)CCCCNC(=O)OC(C)(C)C. The standard InChI is InChI=1S/C15H28N2O5/c1-5-21-13(19)9-11-16-12(18)8-6-7-10-17-14(20)22-15(2,3)4/h5-11H2,1-4H3,(H,16,18)(H,17,20). The molecular weight excluding hydrogens is 288 g/mol. The average molecular weight is 316 g/mol. The van der Waals surface area contributed by atoms with Crippen LogP contribution >= 0.6 is 0 Å². The van der Waals surface area contributed by atoms with Gasteiger partial charge in [0.15, 0.2) is 0 Å². The summed E-state index contributed by atoms with van der Waals surface area (Å²) in [6.07, 6.45) is 1.43. The maximum atomic E-state index is 11.5. The van der Waals surface area contributed by atoms with Crippen LogP contribution in [0.15, 0.2) is 0 Å². The Kier molecular flexibility index (Phi) is 9.98.